The summed E-state index contributed by atoms with van der Waals surface area (Å²) in [6.45, 7) is 0.487. The molecular formula is C30H36N2O6. The van der Waals surface area contributed by atoms with Crippen molar-refractivity contribution in [3.8, 4) is 11.1 Å². The number of aliphatic carboxylic acids is 1. The summed E-state index contributed by atoms with van der Waals surface area (Å²) in [5.41, 5.74) is 4.43. The van der Waals surface area contributed by atoms with Crippen LogP contribution < -0.4 is 10.6 Å². The Bertz CT molecular complexity index is 1100. The summed E-state index contributed by atoms with van der Waals surface area (Å²) in [4.78, 5) is 36.2. The molecule has 2 aliphatic rings. The molecular weight excluding hydrogens is 484 g/mol. The molecule has 4 rings (SSSR count). The maximum atomic E-state index is 12.5. The molecule has 2 aliphatic carbocycles. The molecule has 2 amide bonds. The summed E-state index contributed by atoms with van der Waals surface area (Å²) in [5.74, 6) is -1.22. The maximum Gasteiger partial charge on any atom is 0.407 e. The number of unbranched alkanes of at least 4 members (excludes halogenated alkanes) is 1. The van der Waals surface area contributed by atoms with Gasteiger partial charge in [-0.15, -0.1) is 0 Å². The van der Waals surface area contributed by atoms with E-state index in [0.29, 0.717) is 19.4 Å². The maximum absolute atomic E-state index is 12.5. The van der Waals surface area contributed by atoms with Crippen LogP contribution in [0.3, 0.4) is 0 Å². The van der Waals surface area contributed by atoms with E-state index in [4.69, 9.17) is 9.47 Å². The van der Waals surface area contributed by atoms with Gasteiger partial charge in [0.1, 0.15) is 18.8 Å². The van der Waals surface area contributed by atoms with Gasteiger partial charge in [0, 0.05) is 12.5 Å². The summed E-state index contributed by atoms with van der Waals surface area (Å²) in [6.07, 6.45) is 9.06. The van der Waals surface area contributed by atoms with Crippen LogP contribution in [0.25, 0.3) is 11.1 Å². The van der Waals surface area contributed by atoms with Crippen LogP contribution in [0.2, 0.25) is 0 Å². The van der Waals surface area contributed by atoms with E-state index in [1.807, 2.05) is 42.5 Å². The number of carboxylic acids is 1. The lowest BCUT2D eigenvalue weighted by Crippen LogP contribution is -2.41. The van der Waals surface area contributed by atoms with Crippen molar-refractivity contribution < 1.29 is 29.0 Å². The smallest absolute Gasteiger partial charge is 0.407 e. The second-order valence-corrected chi connectivity index (χ2v) is 9.79. The highest BCUT2D eigenvalue weighted by Gasteiger charge is 2.29. The fraction of sp³-hybridized carbons (Fsp3) is 0.433. The molecule has 202 valence electrons. The van der Waals surface area contributed by atoms with Crippen LogP contribution in [-0.4, -0.2) is 48.6 Å². The number of amides is 2. The summed E-state index contributed by atoms with van der Waals surface area (Å²) in [6, 6.07) is 15.0. The molecule has 0 bridgehead atoms. The summed E-state index contributed by atoms with van der Waals surface area (Å²) in [7, 11) is 0. The Hall–Kier alpha value is -3.81. The molecule has 8 heteroatoms. The van der Waals surface area contributed by atoms with Gasteiger partial charge in [-0.25, -0.2) is 14.4 Å². The Kier molecular flexibility index (Phi) is 9.78. The Labute approximate surface area is 223 Å². The van der Waals surface area contributed by atoms with Crippen molar-refractivity contribution in [2.45, 2.75) is 69.4 Å². The van der Waals surface area contributed by atoms with E-state index in [1.165, 1.54) is 6.42 Å². The lowest BCUT2D eigenvalue weighted by atomic mass is 9.98. The topological polar surface area (TPSA) is 114 Å². The van der Waals surface area contributed by atoms with E-state index in [1.54, 1.807) is 0 Å². The number of carboxylic acid groups (broad SMARTS) is 1. The zero-order chi connectivity index (χ0) is 26.7. The SMILES string of the molecule is O=C(N[C@@H](CCCCNC(=O)O[C@@H]1/C=C/CCCCC1)C(=O)O)OCC1c2ccccc2-c2ccccc21. The molecule has 2 aromatic rings. The number of carbonyl (C=O) groups excluding carboxylic acids is 2. The van der Waals surface area contributed by atoms with Gasteiger partial charge in [-0.05, 0) is 73.3 Å². The Morgan fingerprint density at radius 2 is 1.63 bits per heavy atom. The molecule has 8 nitrogen and oxygen atoms in total. The van der Waals surface area contributed by atoms with Crippen molar-refractivity contribution in [1.82, 2.24) is 10.6 Å². The molecule has 0 aliphatic heterocycles. The number of ether oxygens (including phenoxy) is 2. The number of benzene rings is 2. The van der Waals surface area contributed by atoms with Crippen molar-refractivity contribution in [1.29, 1.82) is 0 Å². The van der Waals surface area contributed by atoms with Crippen LogP contribution in [-0.2, 0) is 14.3 Å². The number of hydrogen-bond acceptors (Lipinski definition) is 5. The van der Waals surface area contributed by atoms with Crippen molar-refractivity contribution in [2.24, 2.45) is 0 Å². The monoisotopic (exact) mass is 520 g/mol. The third-order valence-corrected chi connectivity index (χ3v) is 7.09. The van der Waals surface area contributed by atoms with Crippen molar-refractivity contribution in [2.75, 3.05) is 13.2 Å². The zero-order valence-corrected chi connectivity index (χ0v) is 21.6. The lowest BCUT2D eigenvalue weighted by Gasteiger charge is -2.18. The molecule has 0 aromatic heterocycles. The highest BCUT2D eigenvalue weighted by Crippen LogP contribution is 2.44. The van der Waals surface area contributed by atoms with Crippen LogP contribution in [0.1, 0.15) is 68.4 Å². The van der Waals surface area contributed by atoms with E-state index >= 15 is 0 Å². The van der Waals surface area contributed by atoms with Gasteiger partial charge in [-0.2, -0.15) is 0 Å². The minimum Gasteiger partial charge on any atom is -0.480 e. The normalized spacial score (nSPS) is 18.2. The standard InChI is InChI=1S/C30H36N2O6/c33-28(34)27(18-10-11-19-31-29(35)38-21-12-4-2-1-3-5-13-21)32-30(36)37-20-26-24-16-8-6-14-22(24)23-15-7-9-17-25(23)26/h4,6-9,12,14-17,21,26-27H,1-3,5,10-11,13,18-20H2,(H,31,35)(H,32,36)(H,33,34)/b12-4+/t21-,27+/m1/s1. The molecule has 0 fully saturated rings. The minimum absolute atomic E-state index is 0.0971. The van der Waals surface area contributed by atoms with Crippen LogP contribution in [0.15, 0.2) is 60.7 Å². The minimum atomic E-state index is -1.12. The van der Waals surface area contributed by atoms with E-state index in [2.05, 4.69) is 28.8 Å². The fourth-order valence-corrected chi connectivity index (χ4v) is 5.11. The first-order chi connectivity index (χ1) is 18.5. The molecule has 0 saturated carbocycles. The number of alkyl carbamates (subject to hydrolysis) is 2. The van der Waals surface area contributed by atoms with Crippen molar-refractivity contribution >= 4 is 18.2 Å². The van der Waals surface area contributed by atoms with E-state index in [-0.39, 0.29) is 25.0 Å². The molecule has 0 unspecified atom stereocenters. The average molecular weight is 521 g/mol. The molecule has 0 spiro atoms. The third kappa shape index (κ3) is 7.37. The highest BCUT2D eigenvalue weighted by molar-refractivity contribution is 5.81. The summed E-state index contributed by atoms with van der Waals surface area (Å²) in [5, 5.41) is 14.8. The first-order valence-electron chi connectivity index (χ1n) is 13.5. The summed E-state index contributed by atoms with van der Waals surface area (Å²) < 4.78 is 10.9. The van der Waals surface area contributed by atoms with Gasteiger partial charge in [0.15, 0.2) is 0 Å². The van der Waals surface area contributed by atoms with Crippen LogP contribution in [0, 0.1) is 0 Å². The Balaban J connectivity index is 1.18. The fourth-order valence-electron chi connectivity index (χ4n) is 5.11. The number of rotatable bonds is 10. The predicted molar refractivity (Wildman–Crippen MR) is 144 cm³/mol. The zero-order valence-electron chi connectivity index (χ0n) is 21.6. The first kappa shape index (κ1) is 27.2. The van der Waals surface area contributed by atoms with Gasteiger partial charge in [0.2, 0.25) is 0 Å². The van der Waals surface area contributed by atoms with Crippen LogP contribution in [0.4, 0.5) is 9.59 Å². The largest absolute Gasteiger partial charge is 0.480 e. The predicted octanol–water partition coefficient (Wildman–Crippen LogP) is 5.76. The number of allylic oxidation sites excluding steroid dienone is 1. The van der Waals surface area contributed by atoms with Gasteiger partial charge in [-0.3, -0.25) is 0 Å². The van der Waals surface area contributed by atoms with E-state index < -0.39 is 24.2 Å². The number of nitrogens with one attached hydrogen (secondary N) is 2. The number of carbonyl (C=O) groups is 3. The van der Waals surface area contributed by atoms with Gasteiger partial charge >= 0.3 is 18.2 Å². The molecule has 0 heterocycles. The second kappa shape index (κ2) is 13.7. The molecule has 2 atom stereocenters. The Morgan fingerprint density at radius 3 is 2.34 bits per heavy atom. The lowest BCUT2D eigenvalue weighted by molar-refractivity contribution is -0.139. The van der Waals surface area contributed by atoms with Crippen LogP contribution >= 0.6 is 0 Å². The number of fused-ring (bicyclic) bond motifs is 3. The molecule has 2 aromatic carbocycles. The Morgan fingerprint density at radius 1 is 0.921 bits per heavy atom. The second-order valence-electron chi connectivity index (χ2n) is 9.79. The third-order valence-electron chi connectivity index (χ3n) is 7.09. The van der Waals surface area contributed by atoms with Gasteiger partial charge < -0.3 is 25.2 Å². The first-order valence-corrected chi connectivity index (χ1v) is 13.5. The molecule has 0 saturated heterocycles. The van der Waals surface area contributed by atoms with Crippen molar-refractivity contribution in [3.63, 3.8) is 0 Å². The van der Waals surface area contributed by atoms with E-state index in [0.717, 1.165) is 47.9 Å². The van der Waals surface area contributed by atoms with Gasteiger partial charge in [-0.1, -0.05) is 61.0 Å². The van der Waals surface area contributed by atoms with Crippen LogP contribution in [0.5, 0.6) is 0 Å². The quantitative estimate of drug-likeness (QED) is 0.271. The molecule has 3 N–H and O–H groups in total. The molecule has 38 heavy (non-hydrogen) atoms. The number of hydrogen-bond donors (Lipinski definition) is 3. The van der Waals surface area contributed by atoms with Crippen molar-refractivity contribution in [3.05, 3.63) is 71.8 Å². The van der Waals surface area contributed by atoms with Gasteiger partial charge in [0.25, 0.3) is 0 Å². The average Bonchev–Trinajstić information content (AvgIpc) is 3.21. The highest BCUT2D eigenvalue weighted by atomic mass is 16.6. The summed E-state index contributed by atoms with van der Waals surface area (Å²) >= 11 is 0. The van der Waals surface area contributed by atoms with E-state index in [9.17, 15) is 19.5 Å². The van der Waals surface area contributed by atoms with Gasteiger partial charge in [0.05, 0.1) is 0 Å². The molecule has 0 radical (unpaired) electrons.